The molecule has 0 radical (unpaired) electrons. The molecule has 0 unspecified atom stereocenters. The summed E-state index contributed by atoms with van der Waals surface area (Å²) in [6.45, 7) is 3.49. The van der Waals surface area contributed by atoms with Crippen LogP contribution in [0.4, 0.5) is 4.39 Å². The molecular formula is C23H20Cl2FN3O5. The number of carbonyl (C=O) groups excluding carboxylic acids is 1. The molecular weight excluding hydrogens is 488 g/mol. The number of allylic oxidation sites excluding steroid dienone is 1. The monoisotopic (exact) mass is 507 g/mol. The first-order valence-corrected chi connectivity index (χ1v) is 11.1. The van der Waals surface area contributed by atoms with Gasteiger partial charge in [-0.05, 0) is 36.8 Å². The van der Waals surface area contributed by atoms with E-state index in [1.807, 2.05) is 0 Å². The highest BCUT2D eigenvalue weighted by molar-refractivity contribution is 6.31. The molecule has 2 aromatic carbocycles. The highest BCUT2D eigenvalue weighted by Crippen LogP contribution is 2.41. The number of hydrogen-bond donors (Lipinski definition) is 2. The van der Waals surface area contributed by atoms with E-state index in [2.05, 4.69) is 22.1 Å². The molecule has 178 valence electrons. The van der Waals surface area contributed by atoms with Crippen LogP contribution in [0.2, 0.25) is 10.0 Å². The smallest absolute Gasteiger partial charge is 0.262 e. The van der Waals surface area contributed by atoms with Gasteiger partial charge in [-0.15, -0.1) is 10.2 Å². The minimum Gasteiger partial charge on any atom is -0.484 e. The van der Waals surface area contributed by atoms with Gasteiger partial charge in [0, 0.05) is 35.2 Å². The van der Waals surface area contributed by atoms with Crippen molar-refractivity contribution in [3.63, 3.8) is 0 Å². The lowest BCUT2D eigenvalue weighted by Crippen LogP contribution is -2.28. The van der Waals surface area contributed by atoms with Crippen molar-refractivity contribution in [3.05, 3.63) is 81.9 Å². The Morgan fingerprint density at radius 3 is 2.88 bits per heavy atom. The third-order valence-corrected chi connectivity index (χ3v) is 5.55. The molecule has 0 spiro atoms. The lowest BCUT2D eigenvalue weighted by molar-refractivity contribution is -0.122. The summed E-state index contributed by atoms with van der Waals surface area (Å²) in [7, 11) is 0. The van der Waals surface area contributed by atoms with Crippen LogP contribution in [-0.2, 0) is 11.2 Å². The van der Waals surface area contributed by atoms with E-state index >= 15 is 0 Å². The number of fused-ring (bicyclic) bond motifs is 1. The van der Waals surface area contributed by atoms with Crippen molar-refractivity contribution in [2.45, 2.75) is 31.5 Å². The van der Waals surface area contributed by atoms with E-state index in [-0.39, 0.29) is 29.7 Å². The van der Waals surface area contributed by atoms with Crippen molar-refractivity contribution in [2.24, 2.45) is 0 Å². The molecule has 1 amide bonds. The second-order valence-electron chi connectivity index (χ2n) is 7.59. The third-order valence-electron chi connectivity index (χ3n) is 5.01. The summed E-state index contributed by atoms with van der Waals surface area (Å²) in [5.41, 5.74) is 1.03. The fourth-order valence-corrected chi connectivity index (χ4v) is 3.63. The largest absolute Gasteiger partial charge is 0.484 e. The number of ether oxygens (including phenoxy) is 2. The van der Waals surface area contributed by atoms with Gasteiger partial charge in [-0.1, -0.05) is 29.8 Å². The normalized spacial score (nSPS) is 16.9. The molecule has 2 heterocycles. The van der Waals surface area contributed by atoms with Gasteiger partial charge in [0.25, 0.3) is 11.8 Å². The number of nitrogens with one attached hydrogen (secondary N) is 1. The number of carbonyl (C=O) groups is 1. The summed E-state index contributed by atoms with van der Waals surface area (Å²) in [6, 6.07) is 8.92. The highest BCUT2D eigenvalue weighted by Gasteiger charge is 2.31. The van der Waals surface area contributed by atoms with Crippen molar-refractivity contribution >= 4 is 29.1 Å². The molecule has 2 atom stereocenters. The minimum absolute atomic E-state index is 0.0321. The zero-order chi connectivity index (χ0) is 24.2. The summed E-state index contributed by atoms with van der Waals surface area (Å²) in [6.07, 6.45) is -0.447. The molecule has 4 rings (SSSR count). The summed E-state index contributed by atoms with van der Waals surface area (Å²) < 4.78 is 30.2. The van der Waals surface area contributed by atoms with Gasteiger partial charge in [0.15, 0.2) is 12.7 Å². The fraction of sp³-hybridized carbons (Fsp3) is 0.261. The van der Waals surface area contributed by atoms with Gasteiger partial charge in [0.1, 0.15) is 17.3 Å². The standard InChI is InChI=1S/C23H20Cl2FN3O5/c1-12(27-21(31)11-32-14-4-5-16(25)17(26)9-14)2-7-22-28-29-23(34-22)20-10-18(30)15-8-13(24)3-6-19(15)33-20/h3-6,8-9,18,20,30H,1-2,7,10-11H2,(H,27,31)/t18-,20-/m0/s1. The first-order valence-electron chi connectivity index (χ1n) is 10.3. The van der Waals surface area contributed by atoms with Crippen molar-refractivity contribution in [1.29, 1.82) is 0 Å². The summed E-state index contributed by atoms with van der Waals surface area (Å²) in [5, 5.41) is 21.5. The first kappa shape index (κ1) is 24.0. The highest BCUT2D eigenvalue weighted by atomic mass is 35.5. The van der Waals surface area contributed by atoms with Crippen LogP contribution in [0.25, 0.3) is 0 Å². The molecule has 0 bridgehead atoms. The number of amides is 1. The predicted octanol–water partition coefficient (Wildman–Crippen LogP) is 4.71. The molecule has 8 nitrogen and oxygen atoms in total. The second kappa shape index (κ2) is 10.4. The lowest BCUT2D eigenvalue weighted by atomic mass is 9.99. The Balaban J connectivity index is 1.25. The van der Waals surface area contributed by atoms with Crippen molar-refractivity contribution in [1.82, 2.24) is 15.5 Å². The lowest BCUT2D eigenvalue weighted by Gasteiger charge is -2.27. The van der Waals surface area contributed by atoms with Gasteiger partial charge in [-0.2, -0.15) is 0 Å². The van der Waals surface area contributed by atoms with Gasteiger partial charge in [-0.25, -0.2) is 4.39 Å². The Bertz CT molecular complexity index is 1220. The average Bonchev–Trinajstić information content (AvgIpc) is 3.28. The molecule has 34 heavy (non-hydrogen) atoms. The summed E-state index contributed by atoms with van der Waals surface area (Å²) >= 11 is 11.6. The number of aromatic nitrogens is 2. The van der Waals surface area contributed by atoms with Crippen LogP contribution < -0.4 is 14.8 Å². The predicted molar refractivity (Wildman–Crippen MR) is 121 cm³/mol. The van der Waals surface area contributed by atoms with Gasteiger partial charge in [0.2, 0.25) is 5.89 Å². The first-order chi connectivity index (χ1) is 16.3. The number of rotatable bonds is 8. The Kier molecular flexibility index (Phi) is 7.35. The molecule has 1 aliphatic heterocycles. The Labute approximate surface area is 204 Å². The zero-order valence-corrected chi connectivity index (χ0v) is 19.3. The number of hydrogen-bond acceptors (Lipinski definition) is 7. The molecule has 1 aliphatic rings. The van der Waals surface area contributed by atoms with Gasteiger partial charge >= 0.3 is 0 Å². The maximum absolute atomic E-state index is 13.4. The topological polar surface area (TPSA) is 107 Å². The quantitative estimate of drug-likeness (QED) is 0.454. The van der Waals surface area contributed by atoms with Crippen LogP contribution in [0.1, 0.15) is 42.4 Å². The molecule has 1 aromatic heterocycles. The van der Waals surface area contributed by atoms with Crippen LogP contribution >= 0.6 is 23.2 Å². The van der Waals surface area contributed by atoms with Crippen LogP contribution in [0.15, 0.2) is 53.1 Å². The fourth-order valence-electron chi connectivity index (χ4n) is 3.34. The average molecular weight is 508 g/mol. The number of aliphatic hydroxyl groups excluding tert-OH is 1. The van der Waals surface area contributed by atoms with Crippen molar-refractivity contribution in [3.8, 4) is 11.5 Å². The molecule has 11 heteroatoms. The van der Waals surface area contributed by atoms with Gasteiger partial charge < -0.3 is 24.3 Å². The maximum Gasteiger partial charge on any atom is 0.262 e. The van der Waals surface area contributed by atoms with E-state index in [0.29, 0.717) is 40.8 Å². The van der Waals surface area contributed by atoms with E-state index in [1.54, 1.807) is 18.2 Å². The number of halogens is 3. The zero-order valence-electron chi connectivity index (χ0n) is 17.8. The van der Waals surface area contributed by atoms with E-state index < -0.39 is 23.9 Å². The van der Waals surface area contributed by atoms with E-state index in [0.717, 1.165) is 6.07 Å². The number of nitrogens with zero attached hydrogens (tertiary/aromatic N) is 2. The van der Waals surface area contributed by atoms with E-state index in [9.17, 15) is 14.3 Å². The molecule has 3 aromatic rings. The molecule has 0 saturated carbocycles. The Morgan fingerprint density at radius 2 is 2.09 bits per heavy atom. The van der Waals surface area contributed by atoms with Crippen molar-refractivity contribution < 1.29 is 28.2 Å². The second-order valence-corrected chi connectivity index (χ2v) is 8.43. The third kappa shape index (κ3) is 5.85. The van der Waals surface area contributed by atoms with Crippen LogP contribution in [0.5, 0.6) is 11.5 Å². The van der Waals surface area contributed by atoms with Crippen molar-refractivity contribution in [2.75, 3.05) is 6.61 Å². The van der Waals surface area contributed by atoms with E-state index in [4.69, 9.17) is 37.1 Å². The number of aliphatic hydroxyl groups is 1. The molecule has 2 N–H and O–H groups in total. The Hall–Kier alpha value is -3.14. The summed E-state index contributed by atoms with van der Waals surface area (Å²) in [5.74, 6) is 0.181. The van der Waals surface area contributed by atoms with Crippen LogP contribution in [0.3, 0.4) is 0 Å². The maximum atomic E-state index is 13.4. The summed E-state index contributed by atoms with van der Waals surface area (Å²) in [4.78, 5) is 12.0. The van der Waals surface area contributed by atoms with E-state index in [1.165, 1.54) is 12.1 Å². The number of benzene rings is 2. The van der Waals surface area contributed by atoms with Gasteiger partial charge in [0.05, 0.1) is 11.1 Å². The SMILES string of the molecule is C=C(CCc1nnc([C@@H]2C[C@H](O)c3cc(Cl)ccc3O2)o1)NC(=O)COc1ccc(Cl)c(F)c1. The molecule has 0 aliphatic carbocycles. The Morgan fingerprint density at radius 1 is 1.26 bits per heavy atom. The number of aryl methyl sites for hydroxylation is 1. The van der Waals surface area contributed by atoms with Gasteiger partial charge in [-0.3, -0.25) is 4.79 Å². The van der Waals surface area contributed by atoms with Crippen LogP contribution in [-0.4, -0.2) is 27.8 Å². The molecule has 0 fully saturated rings. The minimum atomic E-state index is -0.774. The van der Waals surface area contributed by atoms with Crippen LogP contribution in [0, 0.1) is 5.82 Å². The molecule has 0 saturated heterocycles.